The van der Waals surface area contributed by atoms with Gasteiger partial charge >= 0.3 is 0 Å². The van der Waals surface area contributed by atoms with Crippen molar-refractivity contribution >= 4 is 22.8 Å². The summed E-state index contributed by atoms with van der Waals surface area (Å²) < 4.78 is 0. The van der Waals surface area contributed by atoms with Crippen molar-refractivity contribution in [2.75, 3.05) is 11.9 Å². The van der Waals surface area contributed by atoms with E-state index >= 15 is 0 Å². The van der Waals surface area contributed by atoms with Gasteiger partial charge in [0, 0.05) is 0 Å². The number of anilines is 1. The molecule has 9 heavy (non-hydrogen) atoms. The van der Waals surface area contributed by atoms with Gasteiger partial charge in [0.25, 0.3) is 0 Å². The summed E-state index contributed by atoms with van der Waals surface area (Å²) in [4.78, 5) is 11.8. The lowest BCUT2D eigenvalue weighted by Crippen LogP contribution is -2.00. The number of fused-ring (bicyclic) bond motifs is 1. The lowest BCUT2D eigenvalue weighted by molar-refractivity contribution is 0.102. The molecule has 2 nitrogen and oxygen atoms in total. The maximum Gasteiger partial charge on any atom is 0.193 e. The molecule has 0 aliphatic carbocycles. The van der Waals surface area contributed by atoms with E-state index in [0.29, 0.717) is 6.54 Å². The van der Waals surface area contributed by atoms with Gasteiger partial charge < -0.3 is 5.32 Å². The van der Waals surface area contributed by atoms with E-state index in [0.717, 1.165) is 10.6 Å². The number of carbonyl (C=O) groups is 1. The molecule has 0 saturated heterocycles. The van der Waals surface area contributed by atoms with Crippen LogP contribution < -0.4 is 5.32 Å². The van der Waals surface area contributed by atoms with E-state index in [1.165, 1.54) is 11.3 Å². The van der Waals surface area contributed by atoms with Crippen LogP contribution in [0.1, 0.15) is 9.67 Å². The minimum atomic E-state index is 0.222. The molecule has 3 heteroatoms. The molecule has 0 saturated carbocycles. The largest absolute Gasteiger partial charge is 0.376 e. The highest BCUT2D eigenvalue weighted by atomic mass is 32.1. The lowest BCUT2D eigenvalue weighted by Gasteiger charge is -1.84. The molecular formula is C6H5NOS. The first-order chi connectivity index (χ1) is 4.38. The summed E-state index contributed by atoms with van der Waals surface area (Å²) >= 11 is 1.51. The molecule has 1 aromatic heterocycles. The summed E-state index contributed by atoms with van der Waals surface area (Å²) in [6.07, 6.45) is 0. The Balaban J connectivity index is 2.61. The topological polar surface area (TPSA) is 29.1 Å². The van der Waals surface area contributed by atoms with Crippen molar-refractivity contribution in [3.63, 3.8) is 0 Å². The van der Waals surface area contributed by atoms with Gasteiger partial charge in [0.15, 0.2) is 5.78 Å². The third-order valence-electron chi connectivity index (χ3n) is 1.36. The van der Waals surface area contributed by atoms with Gasteiger partial charge in [0.2, 0.25) is 0 Å². The van der Waals surface area contributed by atoms with Crippen LogP contribution in [0.25, 0.3) is 0 Å². The third kappa shape index (κ3) is 0.580. The highest BCUT2D eigenvalue weighted by Gasteiger charge is 2.18. The third-order valence-corrected chi connectivity index (χ3v) is 2.31. The fourth-order valence-electron chi connectivity index (χ4n) is 0.920. The number of Topliss-reactive ketones (excluding diaryl/α,β-unsaturated/α-hetero) is 1. The van der Waals surface area contributed by atoms with Crippen molar-refractivity contribution in [1.29, 1.82) is 0 Å². The molecule has 46 valence electrons. The quantitative estimate of drug-likeness (QED) is 0.588. The zero-order valence-electron chi connectivity index (χ0n) is 4.68. The first-order valence-electron chi connectivity index (χ1n) is 2.72. The minimum Gasteiger partial charge on any atom is -0.376 e. The van der Waals surface area contributed by atoms with Crippen LogP contribution in [-0.4, -0.2) is 12.3 Å². The standard InChI is InChI=1S/C6H5NOS/c8-5-3-7-4-1-2-9-6(4)5/h1-2,7H,3H2. The zero-order chi connectivity index (χ0) is 6.27. The number of carbonyl (C=O) groups excluding carboxylic acids is 1. The Morgan fingerprint density at radius 3 is 3.33 bits per heavy atom. The fourth-order valence-corrected chi connectivity index (χ4v) is 1.73. The van der Waals surface area contributed by atoms with Crippen LogP contribution in [0.2, 0.25) is 0 Å². The number of ketones is 1. The zero-order valence-corrected chi connectivity index (χ0v) is 5.49. The lowest BCUT2D eigenvalue weighted by atomic mass is 10.4. The van der Waals surface area contributed by atoms with Crippen LogP contribution in [0.3, 0.4) is 0 Å². The SMILES string of the molecule is O=C1CNc2ccsc21. The highest BCUT2D eigenvalue weighted by Crippen LogP contribution is 2.26. The van der Waals surface area contributed by atoms with Gasteiger partial charge in [-0.1, -0.05) is 0 Å². The van der Waals surface area contributed by atoms with Crippen LogP contribution in [0.15, 0.2) is 11.4 Å². The predicted molar refractivity (Wildman–Crippen MR) is 37.1 cm³/mol. The summed E-state index contributed by atoms with van der Waals surface area (Å²) in [5.74, 6) is 0.222. The molecule has 0 bridgehead atoms. The number of nitrogens with one attached hydrogen (secondary N) is 1. The molecule has 0 amide bonds. The molecule has 0 unspecified atom stereocenters. The summed E-state index contributed by atoms with van der Waals surface area (Å²) in [5.41, 5.74) is 1.00. The molecule has 2 rings (SSSR count). The van der Waals surface area contributed by atoms with Crippen molar-refractivity contribution in [2.45, 2.75) is 0 Å². The Bertz CT molecular complexity index is 253. The normalized spacial score (nSPS) is 15.3. The number of rotatable bonds is 0. The Hall–Kier alpha value is -0.830. The van der Waals surface area contributed by atoms with Crippen molar-refractivity contribution in [3.05, 3.63) is 16.3 Å². The van der Waals surface area contributed by atoms with Crippen molar-refractivity contribution < 1.29 is 4.79 Å². The van der Waals surface area contributed by atoms with Gasteiger partial charge in [-0.3, -0.25) is 4.79 Å². The number of hydrogen-bond acceptors (Lipinski definition) is 3. The second kappa shape index (κ2) is 1.57. The van der Waals surface area contributed by atoms with E-state index in [9.17, 15) is 4.79 Å². The molecule has 0 fully saturated rings. The second-order valence-electron chi connectivity index (χ2n) is 1.94. The summed E-state index contributed by atoms with van der Waals surface area (Å²) in [5, 5.41) is 4.92. The summed E-state index contributed by atoms with van der Waals surface area (Å²) in [6, 6.07) is 1.94. The average molecular weight is 139 g/mol. The first kappa shape index (κ1) is 4.99. The van der Waals surface area contributed by atoms with Crippen LogP contribution in [0.5, 0.6) is 0 Å². The van der Waals surface area contributed by atoms with Crippen LogP contribution >= 0.6 is 11.3 Å². The highest BCUT2D eigenvalue weighted by molar-refractivity contribution is 7.13. The van der Waals surface area contributed by atoms with Crippen molar-refractivity contribution in [3.8, 4) is 0 Å². The molecule has 1 aliphatic rings. The Kier molecular flexibility index (Phi) is 0.873. The number of thiophene rings is 1. The first-order valence-corrected chi connectivity index (χ1v) is 3.60. The second-order valence-corrected chi connectivity index (χ2v) is 2.86. The smallest absolute Gasteiger partial charge is 0.193 e. The fraction of sp³-hybridized carbons (Fsp3) is 0.167. The average Bonchev–Trinajstić information content (AvgIpc) is 2.35. The molecule has 0 radical (unpaired) electrons. The Morgan fingerprint density at radius 2 is 2.56 bits per heavy atom. The van der Waals surface area contributed by atoms with Gasteiger partial charge in [-0.05, 0) is 11.4 Å². The maximum atomic E-state index is 10.9. The van der Waals surface area contributed by atoms with Gasteiger partial charge in [-0.2, -0.15) is 0 Å². The van der Waals surface area contributed by atoms with E-state index < -0.39 is 0 Å². The van der Waals surface area contributed by atoms with Gasteiger partial charge in [0.1, 0.15) is 0 Å². The summed E-state index contributed by atoms with van der Waals surface area (Å²) in [7, 11) is 0. The van der Waals surface area contributed by atoms with E-state index in [-0.39, 0.29) is 5.78 Å². The van der Waals surface area contributed by atoms with E-state index in [1.54, 1.807) is 0 Å². The predicted octanol–water partition coefficient (Wildman–Crippen LogP) is 1.36. The van der Waals surface area contributed by atoms with Gasteiger partial charge in [0.05, 0.1) is 17.1 Å². The maximum absolute atomic E-state index is 10.9. The molecule has 0 spiro atoms. The van der Waals surface area contributed by atoms with E-state index in [1.807, 2.05) is 11.4 Å². The molecule has 2 heterocycles. The monoisotopic (exact) mass is 139 g/mol. The molecule has 0 aromatic carbocycles. The van der Waals surface area contributed by atoms with Crippen molar-refractivity contribution in [2.24, 2.45) is 0 Å². The number of hydrogen-bond donors (Lipinski definition) is 1. The van der Waals surface area contributed by atoms with E-state index in [2.05, 4.69) is 5.32 Å². The van der Waals surface area contributed by atoms with Crippen LogP contribution in [0.4, 0.5) is 5.69 Å². The molecular weight excluding hydrogens is 134 g/mol. The molecule has 1 N–H and O–H groups in total. The minimum absolute atomic E-state index is 0.222. The van der Waals surface area contributed by atoms with Gasteiger partial charge in [-0.25, -0.2) is 0 Å². The van der Waals surface area contributed by atoms with Crippen molar-refractivity contribution in [1.82, 2.24) is 0 Å². The van der Waals surface area contributed by atoms with Gasteiger partial charge in [-0.15, -0.1) is 11.3 Å². The van der Waals surface area contributed by atoms with Crippen LogP contribution in [-0.2, 0) is 0 Å². The Morgan fingerprint density at radius 1 is 1.67 bits per heavy atom. The Labute approximate surface area is 56.5 Å². The van der Waals surface area contributed by atoms with E-state index in [4.69, 9.17) is 0 Å². The summed E-state index contributed by atoms with van der Waals surface area (Å²) in [6.45, 7) is 0.488. The molecule has 0 atom stereocenters. The molecule has 1 aromatic rings. The molecule has 1 aliphatic heterocycles. The van der Waals surface area contributed by atoms with Crippen LogP contribution in [0, 0.1) is 0 Å².